The molecule has 0 unspecified atom stereocenters. The Morgan fingerprint density at radius 2 is 1.55 bits per heavy atom. The van der Waals surface area contributed by atoms with Gasteiger partial charge in [-0.05, 0) is 75.5 Å². The lowest BCUT2D eigenvalue weighted by molar-refractivity contribution is -0.146. The van der Waals surface area contributed by atoms with E-state index in [4.69, 9.17) is 0 Å². The van der Waals surface area contributed by atoms with Gasteiger partial charge in [0.2, 0.25) is 11.8 Å². The van der Waals surface area contributed by atoms with Crippen molar-refractivity contribution < 1.29 is 9.59 Å². The molecule has 5 aliphatic rings. The molecule has 0 aromatic rings. The third-order valence-electron chi connectivity index (χ3n) is 6.33. The van der Waals surface area contributed by atoms with E-state index >= 15 is 0 Å². The number of amides is 2. The van der Waals surface area contributed by atoms with E-state index < -0.39 is 0 Å². The van der Waals surface area contributed by atoms with Gasteiger partial charge in [0.15, 0.2) is 0 Å². The van der Waals surface area contributed by atoms with Crippen LogP contribution in [0.4, 0.5) is 0 Å². The van der Waals surface area contributed by atoms with Gasteiger partial charge in [0, 0.05) is 24.4 Å². The smallest absolute Gasteiger partial charge is 0.226 e. The molecule has 5 saturated carbocycles. The fourth-order valence-corrected chi connectivity index (χ4v) is 5.55. The molecule has 0 radical (unpaired) electrons. The van der Waals surface area contributed by atoms with Crippen LogP contribution in [0.2, 0.25) is 0 Å². The lowest BCUT2D eigenvalue weighted by atomic mass is 9.49. The first kappa shape index (κ1) is 14.5. The number of rotatable bonds is 6. The van der Waals surface area contributed by atoms with Crippen LogP contribution < -0.4 is 10.6 Å². The van der Waals surface area contributed by atoms with Crippen LogP contribution in [0.15, 0.2) is 0 Å². The molecule has 5 aliphatic carbocycles. The molecule has 0 spiro atoms. The Labute approximate surface area is 132 Å². The van der Waals surface area contributed by atoms with Gasteiger partial charge in [-0.25, -0.2) is 0 Å². The van der Waals surface area contributed by atoms with E-state index in [1.807, 2.05) is 0 Å². The van der Waals surface area contributed by atoms with Crippen LogP contribution >= 0.6 is 0 Å². The molecule has 0 saturated heterocycles. The molecule has 4 nitrogen and oxygen atoms in total. The van der Waals surface area contributed by atoms with Gasteiger partial charge in [0.1, 0.15) is 0 Å². The lowest BCUT2D eigenvalue weighted by Gasteiger charge is -2.55. The molecule has 2 N–H and O–H groups in total. The molecule has 0 aliphatic heterocycles. The first-order chi connectivity index (χ1) is 10.6. The van der Waals surface area contributed by atoms with E-state index in [9.17, 15) is 9.59 Å². The van der Waals surface area contributed by atoms with Gasteiger partial charge in [0.25, 0.3) is 0 Å². The third-order valence-corrected chi connectivity index (χ3v) is 6.33. The summed E-state index contributed by atoms with van der Waals surface area (Å²) in [7, 11) is 0. The largest absolute Gasteiger partial charge is 0.356 e. The summed E-state index contributed by atoms with van der Waals surface area (Å²) < 4.78 is 0. The van der Waals surface area contributed by atoms with Crippen molar-refractivity contribution in [1.29, 1.82) is 0 Å². The zero-order chi connectivity index (χ0) is 15.2. The Balaban J connectivity index is 1.23. The number of carbonyl (C=O) groups excluding carboxylic acids is 2. The van der Waals surface area contributed by atoms with E-state index in [2.05, 4.69) is 10.6 Å². The monoisotopic (exact) mass is 304 g/mol. The Hall–Kier alpha value is -1.06. The van der Waals surface area contributed by atoms with Gasteiger partial charge >= 0.3 is 0 Å². The summed E-state index contributed by atoms with van der Waals surface area (Å²) in [4.78, 5) is 24.4. The van der Waals surface area contributed by atoms with E-state index in [0.29, 0.717) is 19.0 Å². The summed E-state index contributed by atoms with van der Waals surface area (Å²) in [5.41, 5.74) is -0.0506. The molecule has 4 heteroatoms. The van der Waals surface area contributed by atoms with Crippen LogP contribution in [0, 0.1) is 23.2 Å². The first-order valence-corrected chi connectivity index (χ1v) is 9.21. The highest BCUT2D eigenvalue weighted by Gasteiger charge is 2.54. The average molecular weight is 304 g/mol. The zero-order valence-corrected chi connectivity index (χ0v) is 13.4. The van der Waals surface area contributed by atoms with E-state index in [-0.39, 0.29) is 17.2 Å². The van der Waals surface area contributed by atoms with Gasteiger partial charge in [-0.1, -0.05) is 0 Å². The molecule has 0 aromatic heterocycles. The SMILES string of the molecule is O=C(CCCNC(=O)C12CC3CC(CC(C3)C1)C2)NC1CC1. The molecule has 22 heavy (non-hydrogen) atoms. The van der Waals surface area contributed by atoms with Crippen LogP contribution in [-0.4, -0.2) is 24.4 Å². The van der Waals surface area contributed by atoms with E-state index in [1.54, 1.807) is 0 Å². The molecule has 0 heterocycles. The maximum absolute atomic E-state index is 12.7. The lowest BCUT2D eigenvalue weighted by Crippen LogP contribution is -2.53. The highest BCUT2D eigenvalue weighted by atomic mass is 16.2. The minimum atomic E-state index is -0.0506. The van der Waals surface area contributed by atoms with Crippen molar-refractivity contribution in [3.63, 3.8) is 0 Å². The molecular weight excluding hydrogens is 276 g/mol. The Kier molecular flexibility index (Phi) is 3.66. The quantitative estimate of drug-likeness (QED) is 0.740. The molecule has 4 bridgehead atoms. The van der Waals surface area contributed by atoms with Crippen molar-refractivity contribution in [2.24, 2.45) is 23.2 Å². The summed E-state index contributed by atoms with van der Waals surface area (Å²) >= 11 is 0. The molecule has 5 rings (SSSR count). The molecular formula is C18H28N2O2. The second-order valence-corrected chi connectivity index (χ2v) is 8.40. The Morgan fingerprint density at radius 1 is 0.955 bits per heavy atom. The van der Waals surface area contributed by atoms with Crippen LogP contribution in [0.1, 0.15) is 64.2 Å². The van der Waals surface area contributed by atoms with Crippen LogP contribution in [0.5, 0.6) is 0 Å². The van der Waals surface area contributed by atoms with Crippen molar-refractivity contribution in [3.8, 4) is 0 Å². The fraction of sp³-hybridized carbons (Fsp3) is 0.889. The Bertz CT molecular complexity index is 434. The van der Waals surface area contributed by atoms with Gasteiger partial charge < -0.3 is 10.6 Å². The third kappa shape index (κ3) is 2.89. The van der Waals surface area contributed by atoms with Crippen molar-refractivity contribution in [1.82, 2.24) is 10.6 Å². The van der Waals surface area contributed by atoms with Crippen molar-refractivity contribution in [3.05, 3.63) is 0 Å². The number of hydrogen-bond acceptors (Lipinski definition) is 2. The summed E-state index contributed by atoms with van der Waals surface area (Å²) in [5, 5.41) is 6.14. The standard InChI is InChI=1S/C18H28N2O2/c21-16(20-15-3-4-15)2-1-5-19-17(22)18-9-12-6-13(10-18)8-14(7-12)11-18/h12-15H,1-11H2,(H,19,22)(H,20,21). The van der Waals surface area contributed by atoms with Crippen LogP contribution in [0.3, 0.4) is 0 Å². The van der Waals surface area contributed by atoms with Crippen LogP contribution in [-0.2, 0) is 9.59 Å². The molecule has 0 atom stereocenters. The van der Waals surface area contributed by atoms with Crippen molar-refractivity contribution in [2.45, 2.75) is 70.3 Å². The van der Waals surface area contributed by atoms with Crippen molar-refractivity contribution >= 4 is 11.8 Å². The Morgan fingerprint density at radius 3 is 2.09 bits per heavy atom. The maximum atomic E-state index is 12.7. The van der Waals surface area contributed by atoms with Gasteiger partial charge in [0.05, 0.1) is 0 Å². The predicted molar refractivity (Wildman–Crippen MR) is 84.0 cm³/mol. The summed E-state index contributed by atoms with van der Waals surface area (Å²) in [6.45, 7) is 0.651. The minimum absolute atomic E-state index is 0.0506. The maximum Gasteiger partial charge on any atom is 0.226 e. The van der Waals surface area contributed by atoms with Gasteiger partial charge in [-0.15, -0.1) is 0 Å². The number of carbonyl (C=O) groups is 2. The van der Waals surface area contributed by atoms with E-state index in [0.717, 1.165) is 56.3 Å². The van der Waals surface area contributed by atoms with Gasteiger partial charge in [-0.2, -0.15) is 0 Å². The normalized spacial score (nSPS) is 38.8. The first-order valence-electron chi connectivity index (χ1n) is 9.21. The molecule has 0 aromatic carbocycles. The minimum Gasteiger partial charge on any atom is -0.356 e. The second kappa shape index (κ2) is 5.54. The highest BCUT2D eigenvalue weighted by Crippen LogP contribution is 2.60. The highest BCUT2D eigenvalue weighted by molar-refractivity contribution is 5.83. The molecule has 2 amide bonds. The summed E-state index contributed by atoms with van der Waals surface area (Å²) in [6, 6.07) is 0.439. The van der Waals surface area contributed by atoms with E-state index in [1.165, 1.54) is 19.3 Å². The number of nitrogens with one attached hydrogen (secondary N) is 2. The molecule has 5 fully saturated rings. The topological polar surface area (TPSA) is 58.2 Å². The molecule has 122 valence electrons. The summed E-state index contributed by atoms with van der Waals surface area (Å²) in [6.07, 6.45) is 11.0. The van der Waals surface area contributed by atoms with Crippen LogP contribution in [0.25, 0.3) is 0 Å². The zero-order valence-electron chi connectivity index (χ0n) is 13.4. The number of hydrogen-bond donors (Lipinski definition) is 2. The van der Waals surface area contributed by atoms with Crippen molar-refractivity contribution in [2.75, 3.05) is 6.54 Å². The average Bonchev–Trinajstić information content (AvgIpc) is 3.25. The second-order valence-electron chi connectivity index (χ2n) is 8.40. The predicted octanol–water partition coefficient (Wildman–Crippen LogP) is 2.38. The fourth-order valence-electron chi connectivity index (χ4n) is 5.55. The van der Waals surface area contributed by atoms with Gasteiger partial charge in [-0.3, -0.25) is 9.59 Å². The summed E-state index contributed by atoms with van der Waals surface area (Å²) in [5.74, 6) is 2.85.